The van der Waals surface area contributed by atoms with Crippen LogP contribution in [-0.4, -0.2) is 42.9 Å². The van der Waals surface area contributed by atoms with Crippen molar-refractivity contribution in [2.45, 2.75) is 30.8 Å². The average molecular weight is 344 g/mol. The summed E-state index contributed by atoms with van der Waals surface area (Å²) in [5, 5.41) is 0. The van der Waals surface area contributed by atoms with Crippen molar-refractivity contribution in [1.82, 2.24) is 0 Å². The van der Waals surface area contributed by atoms with Crippen LogP contribution in [0.3, 0.4) is 0 Å². The number of rotatable bonds is 6. The molecule has 0 radical (unpaired) electrons. The molecule has 0 aromatic rings. The van der Waals surface area contributed by atoms with Crippen LogP contribution < -0.4 is 0 Å². The van der Waals surface area contributed by atoms with Crippen LogP contribution in [0.1, 0.15) is 6.92 Å². The monoisotopic (exact) mass is 344 g/mol. The number of halogens is 8. The van der Waals surface area contributed by atoms with Crippen LogP contribution in [0.25, 0.3) is 0 Å². The number of hydrogen-bond donors (Lipinski definition) is 0. The Morgan fingerprint density at radius 2 is 1.23 bits per heavy atom. The fourth-order valence-corrected chi connectivity index (χ4v) is 0.887. The predicted octanol–water partition coefficient (Wildman–Crippen LogP) is 2.78. The van der Waals surface area contributed by atoms with Crippen LogP contribution in [0.15, 0.2) is 12.2 Å². The first-order chi connectivity index (χ1) is 9.60. The van der Waals surface area contributed by atoms with E-state index in [2.05, 4.69) is 9.47 Å². The second kappa shape index (κ2) is 6.08. The standard InChI is InChI=1S/C10H8F8O4/c1-7(11,12)8(13,14)9(15,16)10(17,18)22-6(20)4-3-5(19)21-2/h3-4H,1-2H3/b4-3+. The zero-order valence-electron chi connectivity index (χ0n) is 10.8. The van der Waals surface area contributed by atoms with E-state index in [9.17, 15) is 44.7 Å². The van der Waals surface area contributed by atoms with Crippen LogP contribution in [0.5, 0.6) is 0 Å². The lowest BCUT2D eigenvalue weighted by atomic mass is 10.1. The summed E-state index contributed by atoms with van der Waals surface area (Å²) in [6, 6.07) is 0. The highest BCUT2D eigenvalue weighted by molar-refractivity contribution is 5.91. The summed E-state index contributed by atoms with van der Waals surface area (Å²) in [7, 11) is 0.810. The minimum absolute atomic E-state index is 0.141. The van der Waals surface area contributed by atoms with Gasteiger partial charge >= 0.3 is 35.8 Å². The molecule has 0 aromatic carbocycles. The summed E-state index contributed by atoms with van der Waals surface area (Å²) in [4.78, 5) is 21.2. The summed E-state index contributed by atoms with van der Waals surface area (Å²) in [5.41, 5.74) is 0. The van der Waals surface area contributed by atoms with E-state index in [4.69, 9.17) is 0 Å². The van der Waals surface area contributed by atoms with Gasteiger partial charge in [0, 0.05) is 19.1 Å². The number of esters is 2. The van der Waals surface area contributed by atoms with Gasteiger partial charge in [-0.05, 0) is 0 Å². The number of alkyl halides is 8. The molecule has 22 heavy (non-hydrogen) atoms. The molecule has 0 aliphatic carbocycles. The smallest absolute Gasteiger partial charge is 0.466 e. The highest BCUT2D eigenvalue weighted by Crippen LogP contribution is 2.52. The molecule has 0 heterocycles. The highest BCUT2D eigenvalue weighted by atomic mass is 19.4. The van der Waals surface area contributed by atoms with Gasteiger partial charge in [-0.2, -0.15) is 35.1 Å². The molecule has 0 rings (SSSR count). The van der Waals surface area contributed by atoms with Gasteiger partial charge in [-0.25, -0.2) is 9.59 Å². The van der Waals surface area contributed by atoms with E-state index in [1.807, 2.05) is 0 Å². The third-order valence-electron chi connectivity index (χ3n) is 2.10. The molecular weight excluding hydrogens is 336 g/mol. The van der Waals surface area contributed by atoms with Crippen LogP contribution in [0.2, 0.25) is 0 Å². The van der Waals surface area contributed by atoms with E-state index in [1.54, 1.807) is 0 Å². The zero-order chi connectivity index (χ0) is 18.0. The van der Waals surface area contributed by atoms with Gasteiger partial charge in [0.05, 0.1) is 7.11 Å². The van der Waals surface area contributed by atoms with Gasteiger partial charge < -0.3 is 9.47 Å². The number of methoxy groups -OCH3 is 1. The lowest BCUT2D eigenvalue weighted by Gasteiger charge is -2.34. The maximum Gasteiger partial charge on any atom is 0.473 e. The molecule has 0 amide bonds. The molecule has 0 N–H and O–H groups in total. The average Bonchev–Trinajstić information content (AvgIpc) is 2.33. The van der Waals surface area contributed by atoms with Crippen LogP contribution in [-0.2, 0) is 19.1 Å². The normalized spacial score (nSPS) is 14.1. The van der Waals surface area contributed by atoms with Gasteiger partial charge in [0.1, 0.15) is 0 Å². The van der Waals surface area contributed by atoms with Crippen molar-refractivity contribution in [3.8, 4) is 0 Å². The molecule has 0 fully saturated rings. The molecule has 0 aliphatic heterocycles. The molecule has 0 bridgehead atoms. The number of carbonyl (C=O) groups is 2. The van der Waals surface area contributed by atoms with Gasteiger partial charge in [-0.15, -0.1) is 0 Å². The minimum atomic E-state index is -6.72. The topological polar surface area (TPSA) is 52.6 Å². The molecule has 0 atom stereocenters. The Hall–Kier alpha value is -1.88. The predicted molar refractivity (Wildman–Crippen MR) is 52.7 cm³/mol. The van der Waals surface area contributed by atoms with Crippen molar-refractivity contribution in [2.24, 2.45) is 0 Å². The first kappa shape index (κ1) is 20.1. The lowest BCUT2D eigenvalue weighted by Crippen LogP contribution is -2.62. The molecule has 0 saturated carbocycles. The Kier molecular flexibility index (Phi) is 5.56. The maximum absolute atomic E-state index is 12.9. The molecule has 12 heteroatoms. The van der Waals surface area contributed by atoms with Crippen LogP contribution >= 0.6 is 0 Å². The molecule has 0 saturated heterocycles. The third kappa shape index (κ3) is 3.85. The van der Waals surface area contributed by atoms with E-state index >= 15 is 0 Å². The Labute approximate surface area is 117 Å². The first-order valence-corrected chi connectivity index (χ1v) is 5.10. The molecular formula is C10H8F8O4. The van der Waals surface area contributed by atoms with Crippen molar-refractivity contribution < 1.29 is 54.2 Å². The van der Waals surface area contributed by atoms with E-state index in [1.165, 1.54) is 0 Å². The highest BCUT2D eigenvalue weighted by Gasteiger charge is 2.81. The van der Waals surface area contributed by atoms with Crippen molar-refractivity contribution in [1.29, 1.82) is 0 Å². The quantitative estimate of drug-likeness (QED) is 0.422. The van der Waals surface area contributed by atoms with Crippen molar-refractivity contribution in [2.75, 3.05) is 7.11 Å². The van der Waals surface area contributed by atoms with Crippen molar-refractivity contribution >= 4 is 11.9 Å². The Balaban J connectivity index is 5.34. The number of carbonyl (C=O) groups excluding carboxylic acids is 2. The number of hydrogen-bond acceptors (Lipinski definition) is 4. The summed E-state index contributed by atoms with van der Waals surface area (Å²) >= 11 is 0. The van der Waals surface area contributed by atoms with Gasteiger partial charge in [-0.3, -0.25) is 0 Å². The zero-order valence-corrected chi connectivity index (χ0v) is 10.8. The Bertz CT molecular complexity index is 466. The Morgan fingerprint density at radius 3 is 1.59 bits per heavy atom. The van der Waals surface area contributed by atoms with Gasteiger partial charge in [0.15, 0.2) is 0 Å². The second-order valence-electron chi connectivity index (χ2n) is 3.83. The minimum Gasteiger partial charge on any atom is -0.466 e. The SMILES string of the molecule is COC(=O)/C=C/C(=O)OC(F)(F)C(F)(F)C(F)(F)C(C)(F)F. The molecule has 0 unspecified atom stereocenters. The molecule has 128 valence electrons. The van der Waals surface area contributed by atoms with E-state index in [0.717, 1.165) is 7.11 Å². The molecule has 0 aliphatic rings. The van der Waals surface area contributed by atoms with Crippen LogP contribution in [0, 0.1) is 0 Å². The second-order valence-corrected chi connectivity index (χ2v) is 3.83. The Morgan fingerprint density at radius 1 is 0.818 bits per heavy atom. The molecule has 4 nitrogen and oxygen atoms in total. The fraction of sp³-hybridized carbons (Fsp3) is 0.600. The number of ether oxygens (including phenoxy) is 2. The van der Waals surface area contributed by atoms with Gasteiger partial charge in [0.2, 0.25) is 0 Å². The maximum atomic E-state index is 12.9. The van der Waals surface area contributed by atoms with E-state index in [0.29, 0.717) is 0 Å². The van der Waals surface area contributed by atoms with Crippen LogP contribution in [0.4, 0.5) is 35.1 Å². The molecule has 0 spiro atoms. The van der Waals surface area contributed by atoms with Gasteiger partial charge in [-0.1, -0.05) is 0 Å². The van der Waals surface area contributed by atoms with Crippen molar-refractivity contribution in [3.63, 3.8) is 0 Å². The summed E-state index contributed by atoms with van der Waals surface area (Å²) < 4.78 is 109. The largest absolute Gasteiger partial charge is 0.473 e. The first-order valence-electron chi connectivity index (χ1n) is 5.10. The summed E-state index contributed by atoms with van der Waals surface area (Å²) in [6.07, 6.45) is -6.26. The summed E-state index contributed by atoms with van der Waals surface area (Å²) in [6.45, 7) is -0.712. The van der Waals surface area contributed by atoms with Gasteiger partial charge in [0.25, 0.3) is 0 Å². The van der Waals surface area contributed by atoms with E-state index < -0.39 is 42.7 Å². The van der Waals surface area contributed by atoms with E-state index in [-0.39, 0.29) is 12.2 Å². The fourth-order valence-electron chi connectivity index (χ4n) is 0.887. The molecule has 0 aromatic heterocycles. The summed E-state index contributed by atoms with van der Waals surface area (Å²) in [5.74, 6) is -22.4. The van der Waals surface area contributed by atoms with Crippen molar-refractivity contribution in [3.05, 3.63) is 12.2 Å². The third-order valence-corrected chi connectivity index (χ3v) is 2.10. The lowest BCUT2D eigenvalue weighted by molar-refractivity contribution is -0.413.